The van der Waals surface area contributed by atoms with E-state index in [1.54, 1.807) is 0 Å². The number of rotatable bonds is 7. The van der Waals surface area contributed by atoms with E-state index < -0.39 is 0 Å². The van der Waals surface area contributed by atoms with Gasteiger partial charge in [-0.1, -0.05) is 65.7 Å². The van der Waals surface area contributed by atoms with Gasteiger partial charge in [0.1, 0.15) is 0 Å². The Morgan fingerprint density at radius 1 is 1.05 bits per heavy atom. The second-order valence-electron chi connectivity index (χ2n) is 6.21. The number of para-hydroxylation sites is 1. The van der Waals surface area contributed by atoms with Gasteiger partial charge in [-0.25, -0.2) is 4.79 Å². The highest BCUT2D eigenvalue weighted by Crippen LogP contribution is 2.32. The van der Waals surface area contributed by atoms with Crippen LogP contribution in [0.4, 0.5) is 10.5 Å². The summed E-state index contributed by atoms with van der Waals surface area (Å²) in [6.07, 6.45) is 3.35. The van der Waals surface area contributed by atoms with Crippen molar-refractivity contribution in [2.45, 2.75) is 65.7 Å². The Bertz CT molecular complexity index is 426. The minimum atomic E-state index is -0.0962. The van der Waals surface area contributed by atoms with Crippen molar-refractivity contribution in [3.63, 3.8) is 0 Å². The number of urea groups is 1. The lowest BCUT2D eigenvalue weighted by Crippen LogP contribution is -2.30. The maximum atomic E-state index is 12.1. The molecule has 1 aromatic rings. The molecule has 0 aliphatic carbocycles. The predicted molar refractivity (Wildman–Crippen MR) is 91.2 cm³/mol. The summed E-state index contributed by atoms with van der Waals surface area (Å²) in [6.45, 7) is 11.5. The molecule has 1 aromatic carbocycles. The van der Waals surface area contributed by atoms with Crippen molar-refractivity contribution in [1.82, 2.24) is 5.32 Å². The minimum Gasteiger partial charge on any atom is -0.338 e. The van der Waals surface area contributed by atoms with E-state index in [0.717, 1.165) is 31.5 Å². The van der Waals surface area contributed by atoms with Crippen LogP contribution in [0.2, 0.25) is 0 Å². The smallest absolute Gasteiger partial charge is 0.319 e. The molecule has 0 radical (unpaired) electrons. The van der Waals surface area contributed by atoms with Crippen molar-refractivity contribution in [3.05, 3.63) is 29.3 Å². The number of hydrogen-bond acceptors (Lipinski definition) is 1. The zero-order valence-corrected chi connectivity index (χ0v) is 14.1. The van der Waals surface area contributed by atoms with Gasteiger partial charge in [-0.05, 0) is 29.4 Å². The molecule has 1 rings (SSSR count). The molecule has 2 N–H and O–H groups in total. The van der Waals surface area contributed by atoms with E-state index in [-0.39, 0.29) is 6.03 Å². The average Bonchev–Trinajstić information content (AvgIpc) is 2.43. The van der Waals surface area contributed by atoms with E-state index >= 15 is 0 Å². The standard InChI is InChI=1S/C18H30N2O/c1-6-7-8-12-19-18(21)20-17-15(13(2)3)10-9-11-16(17)14(4)5/h9-11,13-14H,6-8,12H2,1-5H3,(H2,19,20,21). The normalized spacial score (nSPS) is 11.0. The molecular formula is C18H30N2O. The molecule has 0 fully saturated rings. The SMILES string of the molecule is CCCCCNC(=O)Nc1c(C(C)C)cccc1C(C)C. The van der Waals surface area contributed by atoms with Gasteiger partial charge in [0.05, 0.1) is 0 Å². The van der Waals surface area contributed by atoms with Gasteiger partial charge in [0.25, 0.3) is 0 Å². The summed E-state index contributed by atoms with van der Waals surface area (Å²) < 4.78 is 0. The molecule has 0 saturated carbocycles. The molecule has 0 aromatic heterocycles. The van der Waals surface area contributed by atoms with Crippen LogP contribution in [0.1, 0.15) is 76.8 Å². The lowest BCUT2D eigenvalue weighted by molar-refractivity contribution is 0.252. The third-order valence-electron chi connectivity index (χ3n) is 3.68. The van der Waals surface area contributed by atoms with E-state index in [1.807, 2.05) is 0 Å². The molecule has 0 aliphatic rings. The summed E-state index contributed by atoms with van der Waals surface area (Å²) in [6, 6.07) is 6.18. The largest absolute Gasteiger partial charge is 0.338 e. The van der Waals surface area contributed by atoms with Crippen LogP contribution in [-0.2, 0) is 0 Å². The summed E-state index contributed by atoms with van der Waals surface area (Å²) in [5.74, 6) is 0.776. The Balaban J connectivity index is 2.82. The van der Waals surface area contributed by atoms with E-state index in [4.69, 9.17) is 0 Å². The molecule has 0 unspecified atom stereocenters. The minimum absolute atomic E-state index is 0.0962. The topological polar surface area (TPSA) is 41.1 Å². The van der Waals surface area contributed by atoms with Crippen LogP contribution in [-0.4, -0.2) is 12.6 Å². The van der Waals surface area contributed by atoms with Crippen molar-refractivity contribution in [2.75, 3.05) is 11.9 Å². The fourth-order valence-electron chi connectivity index (χ4n) is 2.43. The Morgan fingerprint density at radius 2 is 1.62 bits per heavy atom. The third kappa shape index (κ3) is 5.41. The van der Waals surface area contributed by atoms with Crippen LogP contribution in [0, 0.1) is 0 Å². The number of benzene rings is 1. The number of carbonyl (C=O) groups is 1. The van der Waals surface area contributed by atoms with Gasteiger partial charge in [0, 0.05) is 12.2 Å². The zero-order valence-electron chi connectivity index (χ0n) is 14.1. The van der Waals surface area contributed by atoms with Gasteiger partial charge in [-0.15, -0.1) is 0 Å². The van der Waals surface area contributed by atoms with Gasteiger partial charge in [0.15, 0.2) is 0 Å². The molecule has 118 valence electrons. The van der Waals surface area contributed by atoms with Gasteiger partial charge in [-0.2, -0.15) is 0 Å². The molecule has 3 nitrogen and oxygen atoms in total. The molecule has 0 bridgehead atoms. The molecule has 0 atom stereocenters. The molecule has 3 heteroatoms. The van der Waals surface area contributed by atoms with Crippen molar-refractivity contribution in [2.24, 2.45) is 0 Å². The van der Waals surface area contributed by atoms with Crippen LogP contribution < -0.4 is 10.6 Å². The molecule has 0 saturated heterocycles. The summed E-state index contributed by atoms with van der Waals surface area (Å²) in [7, 11) is 0. The van der Waals surface area contributed by atoms with E-state index in [2.05, 4.69) is 63.5 Å². The maximum Gasteiger partial charge on any atom is 0.319 e. The number of nitrogens with one attached hydrogen (secondary N) is 2. The fourth-order valence-corrected chi connectivity index (χ4v) is 2.43. The summed E-state index contributed by atoms with van der Waals surface area (Å²) in [5, 5.41) is 6.02. The second kappa shape index (κ2) is 8.71. The average molecular weight is 290 g/mol. The van der Waals surface area contributed by atoms with Gasteiger partial charge in [0.2, 0.25) is 0 Å². The van der Waals surface area contributed by atoms with Crippen LogP contribution in [0.25, 0.3) is 0 Å². The van der Waals surface area contributed by atoms with E-state index in [1.165, 1.54) is 11.1 Å². The first-order chi connectivity index (χ1) is 9.97. The molecule has 0 heterocycles. The number of carbonyl (C=O) groups excluding carboxylic acids is 1. The first-order valence-electron chi connectivity index (χ1n) is 8.15. The molecule has 0 aliphatic heterocycles. The number of unbranched alkanes of at least 4 members (excludes halogenated alkanes) is 2. The first-order valence-corrected chi connectivity index (χ1v) is 8.15. The quantitative estimate of drug-likeness (QED) is 0.662. The lowest BCUT2D eigenvalue weighted by atomic mass is 9.93. The molecule has 0 spiro atoms. The highest BCUT2D eigenvalue weighted by molar-refractivity contribution is 5.91. The Labute approximate surface area is 129 Å². The molecular weight excluding hydrogens is 260 g/mol. The third-order valence-corrected chi connectivity index (χ3v) is 3.68. The monoisotopic (exact) mass is 290 g/mol. The van der Waals surface area contributed by atoms with Crippen LogP contribution in [0.3, 0.4) is 0 Å². The zero-order chi connectivity index (χ0) is 15.8. The van der Waals surface area contributed by atoms with Crippen molar-refractivity contribution >= 4 is 11.7 Å². The van der Waals surface area contributed by atoms with Crippen LogP contribution >= 0.6 is 0 Å². The fraction of sp³-hybridized carbons (Fsp3) is 0.611. The highest BCUT2D eigenvalue weighted by atomic mass is 16.2. The Kier molecular flexibility index (Phi) is 7.27. The van der Waals surface area contributed by atoms with Gasteiger partial charge in [-0.3, -0.25) is 0 Å². The summed E-state index contributed by atoms with van der Waals surface area (Å²) >= 11 is 0. The van der Waals surface area contributed by atoms with Crippen molar-refractivity contribution in [3.8, 4) is 0 Å². The maximum absolute atomic E-state index is 12.1. The second-order valence-corrected chi connectivity index (χ2v) is 6.21. The van der Waals surface area contributed by atoms with Gasteiger partial charge < -0.3 is 10.6 Å². The van der Waals surface area contributed by atoms with E-state index in [0.29, 0.717) is 11.8 Å². The van der Waals surface area contributed by atoms with Crippen LogP contribution in [0.15, 0.2) is 18.2 Å². The van der Waals surface area contributed by atoms with Crippen molar-refractivity contribution < 1.29 is 4.79 Å². The number of amides is 2. The van der Waals surface area contributed by atoms with Gasteiger partial charge >= 0.3 is 6.03 Å². The van der Waals surface area contributed by atoms with E-state index in [9.17, 15) is 4.79 Å². The number of hydrogen-bond donors (Lipinski definition) is 2. The predicted octanol–water partition coefficient (Wildman–Crippen LogP) is 5.25. The first kappa shape index (κ1) is 17.5. The molecule has 2 amide bonds. The van der Waals surface area contributed by atoms with Crippen molar-refractivity contribution in [1.29, 1.82) is 0 Å². The Hall–Kier alpha value is -1.51. The Morgan fingerprint density at radius 3 is 2.10 bits per heavy atom. The molecule has 21 heavy (non-hydrogen) atoms. The summed E-state index contributed by atoms with van der Waals surface area (Å²) in [4.78, 5) is 12.1. The highest BCUT2D eigenvalue weighted by Gasteiger charge is 2.15. The lowest BCUT2D eigenvalue weighted by Gasteiger charge is -2.20. The summed E-state index contributed by atoms with van der Waals surface area (Å²) in [5.41, 5.74) is 3.38. The number of anilines is 1. The van der Waals surface area contributed by atoms with Crippen LogP contribution in [0.5, 0.6) is 0 Å².